The van der Waals surface area contributed by atoms with E-state index in [4.69, 9.17) is 4.98 Å². The van der Waals surface area contributed by atoms with E-state index >= 15 is 0 Å². The monoisotopic (exact) mass is 459 g/mol. The Morgan fingerprint density at radius 2 is 1.84 bits per heavy atom. The van der Waals surface area contributed by atoms with Gasteiger partial charge in [0.1, 0.15) is 5.75 Å². The van der Waals surface area contributed by atoms with E-state index in [2.05, 4.69) is 40.6 Å². The van der Waals surface area contributed by atoms with E-state index in [9.17, 15) is 13.2 Å². The zero-order valence-electron chi connectivity index (χ0n) is 17.9. The van der Waals surface area contributed by atoms with Gasteiger partial charge in [-0.2, -0.15) is 0 Å². The molecule has 168 valence electrons. The van der Waals surface area contributed by atoms with Crippen LogP contribution in [0.2, 0.25) is 0 Å². The van der Waals surface area contributed by atoms with Crippen molar-refractivity contribution in [1.29, 1.82) is 0 Å². The van der Waals surface area contributed by atoms with Crippen LogP contribution in [0.25, 0.3) is 21.1 Å². The van der Waals surface area contributed by atoms with E-state index < -0.39 is 6.36 Å². The fourth-order valence-corrected chi connectivity index (χ4v) is 4.68. The van der Waals surface area contributed by atoms with Crippen LogP contribution in [0.4, 0.5) is 18.9 Å². The highest BCUT2D eigenvalue weighted by atomic mass is 32.1. The Morgan fingerprint density at radius 1 is 1.03 bits per heavy atom. The summed E-state index contributed by atoms with van der Waals surface area (Å²) in [6.07, 6.45) is -1.58. The van der Waals surface area contributed by atoms with Crippen LogP contribution in [0.15, 0.2) is 54.0 Å². The molecule has 1 unspecified atom stereocenters. The van der Waals surface area contributed by atoms with Gasteiger partial charge in [-0.25, -0.2) is 4.98 Å². The van der Waals surface area contributed by atoms with Gasteiger partial charge in [0, 0.05) is 17.1 Å². The normalized spacial score (nSPS) is 12.9. The number of halogens is 3. The third-order valence-corrected chi connectivity index (χ3v) is 6.26. The number of aromatic nitrogens is 2. The summed E-state index contributed by atoms with van der Waals surface area (Å²) >= 11 is 1.62. The highest BCUT2D eigenvalue weighted by Gasteiger charge is 2.31. The lowest BCUT2D eigenvalue weighted by molar-refractivity contribution is -0.274. The van der Waals surface area contributed by atoms with Crippen LogP contribution in [-0.4, -0.2) is 22.4 Å². The van der Waals surface area contributed by atoms with Crippen LogP contribution in [-0.2, 0) is 6.54 Å². The predicted molar refractivity (Wildman–Crippen MR) is 123 cm³/mol. The number of thiazole rings is 1. The van der Waals surface area contributed by atoms with E-state index in [1.807, 2.05) is 17.6 Å². The molecular formula is C24H24F3N3OS. The van der Waals surface area contributed by atoms with Crippen LogP contribution in [0.3, 0.4) is 0 Å². The number of fused-ring (bicyclic) bond motifs is 2. The molecule has 2 aromatic carbocycles. The quantitative estimate of drug-likeness (QED) is 0.277. The maximum atomic E-state index is 12.5. The molecule has 0 saturated carbocycles. The van der Waals surface area contributed by atoms with Crippen LogP contribution >= 0.6 is 11.3 Å². The molecule has 8 heteroatoms. The Balaban J connectivity index is 1.65. The lowest BCUT2D eigenvalue weighted by Crippen LogP contribution is -2.34. The lowest BCUT2D eigenvalue weighted by atomic mass is 10.1. The van der Waals surface area contributed by atoms with Crippen molar-refractivity contribution in [2.24, 2.45) is 0 Å². The zero-order chi connectivity index (χ0) is 22.7. The van der Waals surface area contributed by atoms with Crippen LogP contribution in [0.1, 0.15) is 38.8 Å². The van der Waals surface area contributed by atoms with Crippen molar-refractivity contribution in [3.05, 3.63) is 59.7 Å². The van der Waals surface area contributed by atoms with Gasteiger partial charge in [-0.3, -0.25) is 4.98 Å². The number of ether oxygens (including phenoxy) is 1. The molecule has 2 aromatic heterocycles. The summed E-state index contributed by atoms with van der Waals surface area (Å²) in [6, 6.07) is 14.6. The summed E-state index contributed by atoms with van der Waals surface area (Å²) in [5, 5.41) is 0.605. The van der Waals surface area contributed by atoms with Crippen molar-refractivity contribution in [3.63, 3.8) is 0 Å². The van der Waals surface area contributed by atoms with Crippen LogP contribution in [0.5, 0.6) is 5.75 Å². The molecule has 0 radical (unpaired) electrons. The molecule has 0 fully saturated rings. The number of pyridine rings is 1. The Hall–Kier alpha value is -2.87. The molecular weight excluding hydrogens is 435 g/mol. The third kappa shape index (κ3) is 5.12. The van der Waals surface area contributed by atoms with Gasteiger partial charge in [-0.1, -0.05) is 26.3 Å². The SMILES string of the molecule is CCCC(CC)N(Cc1ccc2cc(OC(F)(F)F)ccc2n1)c1ccc2ncsc2c1. The second-order valence-corrected chi connectivity index (χ2v) is 8.57. The lowest BCUT2D eigenvalue weighted by Gasteiger charge is -2.33. The number of hydrogen-bond acceptors (Lipinski definition) is 5. The highest BCUT2D eigenvalue weighted by molar-refractivity contribution is 7.16. The van der Waals surface area contributed by atoms with Gasteiger partial charge in [-0.15, -0.1) is 24.5 Å². The van der Waals surface area contributed by atoms with E-state index in [-0.39, 0.29) is 5.75 Å². The first-order valence-electron chi connectivity index (χ1n) is 10.6. The zero-order valence-corrected chi connectivity index (χ0v) is 18.7. The first-order chi connectivity index (χ1) is 15.4. The molecule has 0 aliphatic carbocycles. The second-order valence-electron chi connectivity index (χ2n) is 7.69. The first-order valence-corrected chi connectivity index (χ1v) is 11.5. The number of hydrogen-bond donors (Lipinski definition) is 0. The van der Waals surface area contributed by atoms with Crippen molar-refractivity contribution in [3.8, 4) is 5.75 Å². The number of rotatable bonds is 8. The second kappa shape index (κ2) is 9.32. The molecule has 0 aliphatic rings. The standard InChI is InChI=1S/C24H24F3N3OS/c1-3-5-18(4-2)30(19-8-10-22-23(13-19)32-15-28-22)14-17-7-6-16-12-20(31-24(25,26)27)9-11-21(16)29-17/h6-13,15,18H,3-5,14H2,1-2H3. The van der Waals surface area contributed by atoms with E-state index in [0.29, 0.717) is 23.5 Å². The van der Waals surface area contributed by atoms with Crippen molar-refractivity contribution >= 4 is 38.1 Å². The van der Waals surface area contributed by atoms with Crippen LogP contribution in [0, 0.1) is 0 Å². The van der Waals surface area contributed by atoms with Crippen molar-refractivity contribution in [2.75, 3.05) is 4.90 Å². The number of alkyl halides is 3. The van der Waals surface area contributed by atoms with Crippen molar-refractivity contribution < 1.29 is 17.9 Å². The van der Waals surface area contributed by atoms with Gasteiger partial charge in [-0.05, 0) is 55.3 Å². The van der Waals surface area contributed by atoms with Gasteiger partial charge in [0.25, 0.3) is 0 Å². The topological polar surface area (TPSA) is 38.2 Å². The van der Waals surface area contributed by atoms with Gasteiger partial charge in [0.15, 0.2) is 0 Å². The molecule has 0 aliphatic heterocycles. The average Bonchev–Trinajstić information content (AvgIpc) is 3.23. The molecule has 4 rings (SSSR count). The van der Waals surface area contributed by atoms with E-state index in [0.717, 1.165) is 40.9 Å². The molecule has 0 saturated heterocycles. The molecule has 0 bridgehead atoms. The fraction of sp³-hybridized carbons (Fsp3) is 0.333. The largest absolute Gasteiger partial charge is 0.573 e. The molecule has 4 aromatic rings. The Morgan fingerprint density at radius 3 is 2.59 bits per heavy atom. The smallest absolute Gasteiger partial charge is 0.406 e. The maximum Gasteiger partial charge on any atom is 0.573 e. The molecule has 1 atom stereocenters. The van der Waals surface area contributed by atoms with Crippen LogP contribution < -0.4 is 9.64 Å². The van der Waals surface area contributed by atoms with E-state index in [1.54, 1.807) is 23.5 Å². The van der Waals surface area contributed by atoms with Gasteiger partial charge in [0.2, 0.25) is 0 Å². The summed E-state index contributed by atoms with van der Waals surface area (Å²) in [5.74, 6) is -0.243. The summed E-state index contributed by atoms with van der Waals surface area (Å²) < 4.78 is 42.7. The molecule has 0 spiro atoms. The fourth-order valence-electron chi connectivity index (χ4n) is 3.97. The van der Waals surface area contributed by atoms with E-state index in [1.165, 1.54) is 12.1 Å². The minimum absolute atomic E-state index is 0.243. The molecule has 0 N–H and O–H groups in total. The molecule has 4 nitrogen and oxygen atoms in total. The number of nitrogens with zero attached hydrogens (tertiary/aromatic N) is 3. The minimum Gasteiger partial charge on any atom is -0.406 e. The van der Waals surface area contributed by atoms with Crippen molar-refractivity contribution in [2.45, 2.75) is 52.1 Å². The molecule has 0 amide bonds. The number of benzene rings is 2. The van der Waals surface area contributed by atoms with Crippen molar-refractivity contribution in [1.82, 2.24) is 9.97 Å². The average molecular weight is 460 g/mol. The van der Waals surface area contributed by atoms with Gasteiger partial charge < -0.3 is 9.64 Å². The summed E-state index contributed by atoms with van der Waals surface area (Å²) in [5.41, 5.74) is 5.46. The predicted octanol–water partition coefficient (Wildman–Crippen LogP) is 7.33. The highest BCUT2D eigenvalue weighted by Crippen LogP contribution is 2.30. The number of anilines is 1. The van der Waals surface area contributed by atoms with Gasteiger partial charge >= 0.3 is 6.36 Å². The Labute approximate surface area is 188 Å². The first kappa shape index (κ1) is 22.3. The molecule has 32 heavy (non-hydrogen) atoms. The summed E-state index contributed by atoms with van der Waals surface area (Å²) in [7, 11) is 0. The third-order valence-electron chi connectivity index (χ3n) is 5.46. The maximum absolute atomic E-state index is 12.5. The Bertz CT molecular complexity index is 1210. The summed E-state index contributed by atoms with van der Waals surface area (Å²) in [4.78, 5) is 11.5. The summed E-state index contributed by atoms with van der Waals surface area (Å²) in [6.45, 7) is 4.98. The Kier molecular flexibility index (Phi) is 6.50. The minimum atomic E-state index is -4.71. The molecule has 2 heterocycles. The van der Waals surface area contributed by atoms with Gasteiger partial charge in [0.05, 0.1) is 33.5 Å².